The molecule has 2 saturated heterocycles. The van der Waals surface area contributed by atoms with Gasteiger partial charge in [-0.05, 0) is 45.0 Å². The van der Waals surface area contributed by atoms with E-state index < -0.39 is 0 Å². The standard InChI is InChI=1S/C16H27N3O/c1-3-17-9-15-6-7-16(20-15)12-19-11-14-5-4-8-18(14)10-13(19)2/h6-7,13-14,17H,3-5,8-12H2,1-2H3. The lowest BCUT2D eigenvalue weighted by Crippen LogP contribution is -2.54. The Morgan fingerprint density at radius 3 is 3.00 bits per heavy atom. The van der Waals surface area contributed by atoms with Crippen LogP contribution in [0.4, 0.5) is 0 Å². The maximum atomic E-state index is 5.93. The second-order valence-electron chi connectivity index (χ2n) is 6.22. The van der Waals surface area contributed by atoms with Crippen molar-refractivity contribution in [3.63, 3.8) is 0 Å². The van der Waals surface area contributed by atoms with Gasteiger partial charge in [-0.25, -0.2) is 0 Å². The quantitative estimate of drug-likeness (QED) is 0.893. The molecule has 0 bridgehead atoms. The topological polar surface area (TPSA) is 31.6 Å². The minimum absolute atomic E-state index is 0.631. The highest BCUT2D eigenvalue weighted by Crippen LogP contribution is 2.26. The zero-order chi connectivity index (χ0) is 13.9. The molecule has 2 aliphatic rings. The molecule has 1 aromatic heterocycles. The summed E-state index contributed by atoms with van der Waals surface area (Å²) in [6.45, 7) is 11.0. The molecule has 2 fully saturated rings. The summed E-state index contributed by atoms with van der Waals surface area (Å²) in [5, 5.41) is 3.31. The maximum absolute atomic E-state index is 5.93. The van der Waals surface area contributed by atoms with Crippen molar-refractivity contribution in [3.8, 4) is 0 Å². The zero-order valence-electron chi connectivity index (χ0n) is 12.8. The lowest BCUT2D eigenvalue weighted by atomic mass is 10.1. The van der Waals surface area contributed by atoms with E-state index in [-0.39, 0.29) is 0 Å². The van der Waals surface area contributed by atoms with Crippen LogP contribution < -0.4 is 5.32 Å². The van der Waals surface area contributed by atoms with Crippen LogP contribution in [0.5, 0.6) is 0 Å². The van der Waals surface area contributed by atoms with Gasteiger partial charge in [0.2, 0.25) is 0 Å². The highest BCUT2D eigenvalue weighted by molar-refractivity contribution is 5.08. The average Bonchev–Trinajstić information content (AvgIpc) is 3.06. The number of nitrogens with zero attached hydrogens (tertiary/aromatic N) is 2. The summed E-state index contributed by atoms with van der Waals surface area (Å²) in [5.41, 5.74) is 0. The highest BCUT2D eigenvalue weighted by atomic mass is 16.3. The van der Waals surface area contributed by atoms with E-state index in [0.717, 1.165) is 37.2 Å². The van der Waals surface area contributed by atoms with Crippen LogP contribution in [-0.2, 0) is 13.1 Å². The first-order valence-corrected chi connectivity index (χ1v) is 8.02. The van der Waals surface area contributed by atoms with Crippen LogP contribution in [0.3, 0.4) is 0 Å². The van der Waals surface area contributed by atoms with Crippen molar-refractivity contribution in [3.05, 3.63) is 23.7 Å². The molecule has 20 heavy (non-hydrogen) atoms. The van der Waals surface area contributed by atoms with E-state index in [1.54, 1.807) is 0 Å². The van der Waals surface area contributed by atoms with Gasteiger partial charge in [0, 0.05) is 25.2 Å². The largest absolute Gasteiger partial charge is 0.463 e. The number of furan rings is 1. The van der Waals surface area contributed by atoms with Gasteiger partial charge < -0.3 is 9.73 Å². The Morgan fingerprint density at radius 1 is 1.30 bits per heavy atom. The molecule has 4 heteroatoms. The van der Waals surface area contributed by atoms with Gasteiger partial charge in [0.05, 0.1) is 13.1 Å². The van der Waals surface area contributed by atoms with Crippen LogP contribution in [0, 0.1) is 0 Å². The normalized spacial score (nSPS) is 27.9. The lowest BCUT2D eigenvalue weighted by molar-refractivity contribution is 0.0491. The molecular weight excluding hydrogens is 250 g/mol. The first-order valence-electron chi connectivity index (χ1n) is 8.02. The first kappa shape index (κ1) is 14.1. The van der Waals surface area contributed by atoms with Crippen LogP contribution >= 0.6 is 0 Å². The molecule has 3 heterocycles. The summed E-state index contributed by atoms with van der Waals surface area (Å²) >= 11 is 0. The fraction of sp³-hybridized carbons (Fsp3) is 0.750. The molecule has 2 unspecified atom stereocenters. The van der Waals surface area contributed by atoms with Gasteiger partial charge in [0.25, 0.3) is 0 Å². The van der Waals surface area contributed by atoms with Crippen LogP contribution in [0.25, 0.3) is 0 Å². The summed E-state index contributed by atoms with van der Waals surface area (Å²) in [6, 6.07) is 5.66. The van der Waals surface area contributed by atoms with Gasteiger partial charge in [-0.15, -0.1) is 0 Å². The third-order valence-electron chi connectivity index (χ3n) is 4.69. The fourth-order valence-corrected chi connectivity index (χ4v) is 3.52. The van der Waals surface area contributed by atoms with Crippen LogP contribution in [0.15, 0.2) is 16.5 Å². The van der Waals surface area contributed by atoms with Crippen molar-refractivity contribution in [1.29, 1.82) is 0 Å². The van der Waals surface area contributed by atoms with E-state index in [2.05, 4.69) is 41.1 Å². The second-order valence-corrected chi connectivity index (χ2v) is 6.22. The van der Waals surface area contributed by atoms with Crippen molar-refractivity contribution >= 4 is 0 Å². The number of nitrogens with one attached hydrogen (secondary N) is 1. The third-order valence-corrected chi connectivity index (χ3v) is 4.69. The molecule has 2 aliphatic heterocycles. The highest BCUT2D eigenvalue weighted by Gasteiger charge is 2.34. The molecule has 0 aromatic carbocycles. The van der Waals surface area contributed by atoms with Gasteiger partial charge in [0.1, 0.15) is 11.5 Å². The Bertz CT molecular complexity index is 431. The summed E-state index contributed by atoms with van der Waals surface area (Å²) in [7, 11) is 0. The van der Waals surface area contributed by atoms with Gasteiger partial charge in [0.15, 0.2) is 0 Å². The molecular formula is C16H27N3O. The van der Waals surface area contributed by atoms with Crippen molar-refractivity contribution < 1.29 is 4.42 Å². The zero-order valence-corrected chi connectivity index (χ0v) is 12.8. The SMILES string of the molecule is CCNCc1ccc(CN2CC3CCCN3CC2C)o1. The molecule has 112 valence electrons. The molecule has 1 aromatic rings. The Labute approximate surface area is 122 Å². The molecule has 0 saturated carbocycles. The van der Waals surface area contributed by atoms with Crippen molar-refractivity contribution in [1.82, 2.24) is 15.1 Å². The molecule has 1 N–H and O–H groups in total. The number of hydrogen-bond donors (Lipinski definition) is 1. The number of rotatable bonds is 5. The minimum Gasteiger partial charge on any atom is -0.463 e. The lowest BCUT2D eigenvalue weighted by Gasteiger charge is -2.41. The van der Waals surface area contributed by atoms with E-state index in [1.807, 2.05) is 0 Å². The van der Waals surface area contributed by atoms with Crippen molar-refractivity contribution in [2.45, 2.75) is 51.9 Å². The van der Waals surface area contributed by atoms with E-state index in [4.69, 9.17) is 4.42 Å². The van der Waals surface area contributed by atoms with Crippen molar-refractivity contribution in [2.75, 3.05) is 26.2 Å². The predicted molar refractivity (Wildman–Crippen MR) is 80.6 cm³/mol. The van der Waals surface area contributed by atoms with E-state index in [0.29, 0.717) is 6.04 Å². The van der Waals surface area contributed by atoms with Gasteiger partial charge in [-0.2, -0.15) is 0 Å². The van der Waals surface area contributed by atoms with E-state index in [1.165, 1.54) is 32.5 Å². The number of hydrogen-bond acceptors (Lipinski definition) is 4. The predicted octanol–water partition coefficient (Wildman–Crippen LogP) is 2.06. The van der Waals surface area contributed by atoms with Gasteiger partial charge in [-0.3, -0.25) is 9.80 Å². The molecule has 0 amide bonds. The van der Waals surface area contributed by atoms with Crippen molar-refractivity contribution in [2.24, 2.45) is 0 Å². The minimum atomic E-state index is 0.631. The molecule has 3 rings (SSSR count). The Hall–Kier alpha value is -0.840. The van der Waals surface area contributed by atoms with E-state index >= 15 is 0 Å². The smallest absolute Gasteiger partial charge is 0.118 e. The molecule has 0 spiro atoms. The van der Waals surface area contributed by atoms with Crippen LogP contribution in [0.1, 0.15) is 38.2 Å². The molecule has 2 atom stereocenters. The molecule has 4 nitrogen and oxygen atoms in total. The maximum Gasteiger partial charge on any atom is 0.118 e. The summed E-state index contributed by atoms with van der Waals surface area (Å²) < 4.78 is 5.93. The number of fused-ring (bicyclic) bond motifs is 1. The second kappa shape index (κ2) is 6.29. The molecule has 0 aliphatic carbocycles. The summed E-state index contributed by atoms with van der Waals surface area (Å²) in [5.74, 6) is 2.16. The average molecular weight is 277 g/mol. The monoisotopic (exact) mass is 277 g/mol. The van der Waals surface area contributed by atoms with E-state index in [9.17, 15) is 0 Å². The summed E-state index contributed by atoms with van der Waals surface area (Å²) in [4.78, 5) is 5.25. The fourth-order valence-electron chi connectivity index (χ4n) is 3.52. The van der Waals surface area contributed by atoms with Crippen LogP contribution in [-0.4, -0.2) is 48.1 Å². The Kier molecular flexibility index (Phi) is 4.44. The van der Waals surface area contributed by atoms with Gasteiger partial charge in [-0.1, -0.05) is 6.92 Å². The first-order chi connectivity index (χ1) is 9.76. The third kappa shape index (κ3) is 3.08. The molecule has 0 radical (unpaired) electrons. The Morgan fingerprint density at radius 2 is 2.15 bits per heavy atom. The van der Waals surface area contributed by atoms with Crippen LogP contribution in [0.2, 0.25) is 0 Å². The Balaban J connectivity index is 1.57. The van der Waals surface area contributed by atoms with Gasteiger partial charge >= 0.3 is 0 Å². The summed E-state index contributed by atoms with van der Waals surface area (Å²) in [6.07, 6.45) is 2.74. The number of piperazine rings is 1.